The van der Waals surface area contributed by atoms with Crippen LogP contribution in [0.3, 0.4) is 0 Å². The molecule has 0 N–H and O–H groups in total. The average molecular weight is 425 g/mol. The van der Waals surface area contributed by atoms with Gasteiger partial charge in [-0.05, 0) is 32.4 Å². The molecule has 0 saturated carbocycles. The highest BCUT2D eigenvalue weighted by atomic mass is 16.5. The number of ether oxygens (including phenoxy) is 2. The standard InChI is InChI=1S/C22H27N5O4/c1-7-8-11-25-20(28)18-19(24(4)22(25)29)23-21-26(13(2)14(3)27(18)21)16-12-15(30-5)9-10-17(16)31-6/h9-10,12H,7-8,11H2,1-6H3. The van der Waals surface area contributed by atoms with Crippen LogP contribution < -0.4 is 20.7 Å². The highest BCUT2D eigenvalue weighted by molar-refractivity contribution is 5.77. The van der Waals surface area contributed by atoms with E-state index in [0.29, 0.717) is 35.0 Å². The number of nitrogens with zero attached hydrogens (tertiary/aromatic N) is 5. The molecule has 4 aromatic rings. The zero-order valence-corrected chi connectivity index (χ0v) is 18.7. The Hall–Kier alpha value is -3.49. The predicted octanol–water partition coefficient (Wildman–Crippen LogP) is 2.57. The Bertz CT molecular complexity index is 1420. The van der Waals surface area contributed by atoms with Gasteiger partial charge in [-0.3, -0.25) is 22.9 Å². The van der Waals surface area contributed by atoms with Crippen LogP contribution in [0.5, 0.6) is 11.5 Å². The molecule has 164 valence electrons. The molecule has 0 aliphatic carbocycles. The maximum atomic E-state index is 13.4. The quantitative estimate of drug-likeness (QED) is 0.474. The van der Waals surface area contributed by atoms with Crippen LogP contribution in [0.2, 0.25) is 0 Å². The topological polar surface area (TPSA) is 84.7 Å². The molecule has 0 bridgehead atoms. The van der Waals surface area contributed by atoms with Gasteiger partial charge in [-0.2, -0.15) is 4.98 Å². The number of hydrogen-bond acceptors (Lipinski definition) is 5. The third-order valence-corrected chi connectivity index (χ3v) is 5.88. The van der Waals surface area contributed by atoms with E-state index in [9.17, 15) is 9.59 Å². The molecule has 0 atom stereocenters. The Kier molecular flexibility index (Phi) is 5.12. The third kappa shape index (κ3) is 2.95. The van der Waals surface area contributed by atoms with E-state index >= 15 is 0 Å². The molecule has 0 unspecified atom stereocenters. The van der Waals surface area contributed by atoms with Crippen molar-refractivity contribution in [2.75, 3.05) is 14.2 Å². The summed E-state index contributed by atoms with van der Waals surface area (Å²) in [6.45, 7) is 6.31. The monoisotopic (exact) mass is 425 g/mol. The van der Waals surface area contributed by atoms with Gasteiger partial charge in [-0.25, -0.2) is 4.79 Å². The van der Waals surface area contributed by atoms with Gasteiger partial charge in [0.2, 0.25) is 5.78 Å². The molecule has 0 fully saturated rings. The first kappa shape index (κ1) is 20.8. The van der Waals surface area contributed by atoms with Gasteiger partial charge >= 0.3 is 5.69 Å². The largest absolute Gasteiger partial charge is 0.497 e. The number of rotatable bonds is 6. The second-order valence-corrected chi connectivity index (χ2v) is 7.62. The van der Waals surface area contributed by atoms with Crippen LogP contribution in [0.4, 0.5) is 0 Å². The lowest BCUT2D eigenvalue weighted by molar-refractivity contribution is 0.401. The molecule has 0 spiro atoms. The number of benzene rings is 1. The predicted molar refractivity (Wildman–Crippen MR) is 119 cm³/mol. The molecule has 3 heterocycles. The van der Waals surface area contributed by atoms with E-state index in [1.165, 1.54) is 9.13 Å². The summed E-state index contributed by atoms with van der Waals surface area (Å²) in [6.07, 6.45) is 1.64. The summed E-state index contributed by atoms with van der Waals surface area (Å²) in [5.74, 6) is 1.85. The van der Waals surface area contributed by atoms with E-state index in [4.69, 9.17) is 14.5 Å². The van der Waals surface area contributed by atoms with Gasteiger partial charge < -0.3 is 9.47 Å². The van der Waals surface area contributed by atoms with Crippen molar-refractivity contribution in [2.24, 2.45) is 7.05 Å². The number of methoxy groups -OCH3 is 2. The van der Waals surface area contributed by atoms with Crippen LogP contribution in [0.25, 0.3) is 22.6 Å². The highest BCUT2D eigenvalue weighted by Crippen LogP contribution is 2.32. The van der Waals surface area contributed by atoms with Gasteiger partial charge in [-0.15, -0.1) is 0 Å². The average Bonchev–Trinajstić information content (AvgIpc) is 3.27. The SMILES string of the molecule is CCCCn1c(=O)c2c(nc3n(-c4cc(OC)ccc4OC)c(C)c(C)n23)n(C)c1=O. The summed E-state index contributed by atoms with van der Waals surface area (Å²) >= 11 is 0. The number of hydrogen-bond donors (Lipinski definition) is 0. The lowest BCUT2D eigenvalue weighted by atomic mass is 10.2. The third-order valence-electron chi connectivity index (χ3n) is 5.88. The fraction of sp³-hybridized carbons (Fsp3) is 0.409. The van der Waals surface area contributed by atoms with E-state index in [1.807, 2.05) is 47.9 Å². The molecule has 0 amide bonds. The number of fused-ring (bicyclic) bond motifs is 3. The fourth-order valence-corrected chi connectivity index (χ4v) is 4.02. The normalized spacial score (nSPS) is 11.5. The van der Waals surface area contributed by atoms with Crippen molar-refractivity contribution in [1.82, 2.24) is 23.1 Å². The minimum atomic E-state index is -0.355. The van der Waals surface area contributed by atoms with Crippen LogP contribution in [0, 0.1) is 13.8 Å². The summed E-state index contributed by atoms with van der Waals surface area (Å²) in [5.41, 5.74) is 2.59. The van der Waals surface area contributed by atoms with Crippen molar-refractivity contribution in [1.29, 1.82) is 0 Å². The van der Waals surface area contributed by atoms with Crippen molar-refractivity contribution in [3.63, 3.8) is 0 Å². The van der Waals surface area contributed by atoms with Crippen molar-refractivity contribution in [3.05, 3.63) is 50.4 Å². The summed E-state index contributed by atoms with van der Waals surface area (Å²) < 4.78 is 17.5. The molecule has 0 aliphatic rings. The first-order valence-corrected chi connectivity index (χ1v) is 10.3. The first-order chi connectivity index (χ1) is 14.8. The molecule has 0 aliphatic heterocycles. The minimum absolute atomic E-state index is 0.322. The summed E-state index contributed by atoms with van der Waals surface area (Å²) in [6, 6.07) is 5.52. The fourth-order valence-electron chi connectivity index (χ4n) is 4.02. The zero-order chi connectivity index (χ0) is 22.4. The molecule has 0 saturated heterocycles. The van der Waals surface area contributed by atoms with Crippen molar-refractivity contribution >= 4 is 16.9 Å². The molecular weight excluding hydrogens is 398 g/mol. The van der Waals surface area contributed by atoms with E-state index in [1.54, 1.807) is 21.3 Å². The van der Waals surface area contributed by atoms with Crippen LogP contribution >= 0.6 is 0 Å². The van der Waals surface area contributed by atoms with Gasteiger partial charge in [0.1, 0.15) is 11.5 Å². The maximum absolute atomic E-state index is 13.4. The second kappa shape index (κ2) is 7.64. The smallest absolute Gasteiger partial charge is 0.332 e. The maximum Gasteiger partial charge on any atom is 0.332 e. The van der Waals surface area contributed by atoms with E-state index in [-0.39, 0.29) is 11.2 Å². The van der Waals surface area contributed by atoms with Gasteiger partial charge in [-0.1, -0.05) is 13.3 Å². The van der Waals surface area contributed by atoms with E-state index in [0.717, 1.165) is 29.9 Å². The van der Waals surface area contributed by atoms with Crippen LogP contribution in [-0.4, -0.2) is 37.3 Å². The Morgan fingerprint density at radius 1 is 1.06 bits per heavy atom. The molecule has 9 nitrogen and oxygen atoms in total. The van der Waals surface area contributed by atoms with Crippen molar-refractivity contribution in [2.45, 2.75) is 40.2 Å². The highest BCUT2D eigenvalue weighted by Gasteiger charge is 2.24. The van der Waals surface area contributed by atoms with Gasteiger partial charge in [0.05, 0.1) is 19.9 Å². The zero-order valence-electron chi connectivity index (χ0n) is 18.7. The summed E-state index contributed by atoms with van der Waals surface area (Å²) in [7, 11) is 4.86. The Balaban J connectivity index is 2.15. The number of imidazole rings is 2. The second-order valence-electron chi connectivity index (χ2n) is 7.62. The van der Waals surface area contributed by atoms with Gasteiger partial charge in [0.15, 0.2) is 11.2 Å². The number of aryl methyl sites for hydroxylation is 2. The minimum Gasteiger partial charge on any atom is -0.497 e. The van der Waals surface area contributed by atoms with E-state index in [2.05, 4.69) is 0 Å². The van der Waals surface area contributed by atoms with Gasteiger partial charge in [0.25, 0.3) is 5.56 Å². The molecule has 4 rings (SSSR count). The number of aromatic nitrogens is 5. The Labute approximate surface area is 179 Å². The van der Waals surface area contributed by atoms with Crippen LogP contribution in [-0.2, 0) is 13.6 Å². The molecule has 1 aromatic carbocycles. The molecule has 0 radical (unpaired) electrons. The lowest BCUT2D eigenvalue weighted by Crippen LogP contribution is -2.39. The van der Waals surface area contributed by atoms with Crippen LogP contribution in [0.15, 0.2) is 27.8 Å². The number of unbranched alkanes of at least 4 members (excludes halogenated alkanes) is 1. The van der Waals surface area contributed by atoms with Gasteiger partial charge in [0, 0.05) is 31.0 Å². The van der Waals surface area contributed by atoms with Crippen molar-refractivity contribution < 1.29 is 9.47 Å². The Morgan fingerprint density at radius 2 is 1.81 bits per heavy atom. The van der Waals surface area contributed by atoms with E-state index < -0.39 is 0 Å². The van der Waals surface area contributed by atoms with Crippen LogP contribution in [0.1, 0.15) is 31.2 Å². The first-order valence-electron chi connectivity index (χ1n) is 10.3. The summed E-state index contributed by atoms with van der Waals surface area (Å²) in [4.78, 5) is 30.9. The molecular formula is C22H27N5O4. The summed E-state index contributed by atoms with van der Waals surface area (Å²) in [5, 5.41) is 0. The molecule has 31 heavy (non-hydrogen) atoms. The van der Waals surface area contributed by atoms with Crippen molar-refractivity contribution in [3.8, 4) is 17.2 Å². The Morgan fingerprint density at radius 3 is 2.45 bits per heavy atom. The molecule has 9 heteroatoms. The lowest BCUT2D eigenvalue weighted by Gasteiger charge is -2.13. The molecule has 3 aromatic heterocycles.